The van der Waals surface area contributed by atoms with E-state index in [0.29, 0.717) is 22.8 Å². The molecule has 0 aliphatic rings. The van der Waals surface area contributed by atoms with Gasteiger partial charge in [0.2, 0.25) is 0 Å². The lowest BCUT2D eigenvalue weighted by atomic mass is 10.1. The number of hydrogen-bond acceptors (Lipinski definition) is 5. The van der Waals surface area contributed by atoms with Crippen LogP contribution in [-0.2, 0) is 6.42 Å². The zero-order chi connectivity index (χ0) is 15.2. The fraction of sp³-hybridized carbons (Fsp3) is 0.143. The van der Waals surface area contributed by atoms with Crippen LogP contribution >= 0.6 is 11.8 Å². The molecule has 0 saturated carbocycles. The summed E-state index contributed by atoms with van der Waals surface area (Å²) >= 11 is 1.43. The average Bonchev–Trinajstić information content (AvgIpc) is 2.48. The highest BCUT2D eigenvalue weighted by atomic mass is 32.2. The second kappa shape index (κ2) is 6.85. The van der Waals surface area contributed by atoms with Crippen LogP contribution in [-0.4, -0.2) is 26.7 Å². The van der Waals surface area contributed by atoms with Crippen molar-refractivity contribution in [2.24, 2.45) is 0 Å². The summed E-state index contributed by atoms with van der Waals surface area (Å²) in [5.74, 6) is -0.386. The predicted molar refractivity (Wildman–Crippen MR) is 78.7 cm³/mol. The Labute approximate surface area is 125 Å². The van der Waals surface area contributed by atoms with Gasteiger partial charge in [0.15, 0.2) is 0 Å². The van der Waals surface area contributed by atoms with Gasteiger partial charge in [-0.05, 0) is 18.6 Å². The lowest BCUT2D eigenvalue weighted by Crippen LogP contribution is -1.98. The molecule has 0 aliphatic heterocycles. The van der Waals surface area contributed by atoms with Gasteiger partial charge in [-0.2, -0.15) is 0 Å². The van der Waals surface area contributed by atoms with Gasteiger partial charge >= 0.3 is 5.97 Å². The maximum Gasteiger partial charge on any atom is 0.337 e. The molecule has 0 unspecified atom stereocenters. The first-order valence-corrected chi connectivity index (χ1v) is 7.11. The number of nitro groups is 1. The average molecular weight is 304 g/mol. The van der Waals surface area contributed by atoms with Crippen molar-refractivity contribution in [2.45, 2.75) is 11.4 Å². The highest BCUT2D eigenvalue weighted by Crippen LogP contribution is 2.22. The third-order valence-electron chi connectivity index (χ3n) is 2.79. The van der Waals surface area contributed by atoms with Crippen molar-refractivity contribution in [3.05, 3.63) is 63.8 Å². The summed E-state index contributed by atoms with van der Waals surface area (Å²) in [6, 6.07) is 9.75. The first kappa shape index (κ1) is 15.0. The number of para-hydroxylation sites is 1. The van der Waals surface area contributed by atoms with E-state index in [1.54, 1.807) is 24.3 Å². The van der Waals surface area contributed by atoms with Crippen molar-refractivity contribution in [1.29, 1.82) is 0 Å². The van der Waals surface area contributed by atoms with Gasteiger partial charge in [-0.25, -0.2) is 9.78 Å². The Morgan fingerprint density at radius 2 is 2.05 bits per heavy atom. The molecule has 0 bridgehead atoms. The van der Waals surface area contributed by atoms with Gasteiger partial charge in [-0.3, -0.25) is 10.1 Å². The van der Waals surface area contributed by atoms with E-state index in [4.69, 9.17) is 5.11 Å². The summed E-state index contributed by atoms with van der Waals surface area (Å²) in [4.78, 5) is 25.2. The molecule has 2 rings (SSSR count). The molecule has 1 heterocycles. The molecule has 0 aliphatic carbocycles. The third-order valence-corrected chi connectivity index (χ3v) is 3.74. The van der Waals surface area contributed by atoms with E-state index in [9.17, 15) is 14.9 Å². The number of aryl methyl sites for hydroxylation is 1. The Balaban J connectivity index is 1.95. The van der Waals surface area contributed by atoms with Gasteiger partial charge in [0.25, 0.3) is 5.69 Å². The maximum absolute atomic E-state index is 10.9. The lowest BCUT2D eigenvalue weighted by Gasteiger charge is -2.03. The van der Waals surface area contributed by atoms with Gasteiger partial charge in [-0.15, -0.1) is 11.8 Å². The van der Waals surface area contributed by atoms with Gasteiger partial charge < -0.3 is 5.11 Å². The van der Waals surface area contributed by atoms with Crippen molar-refractivity contribution < 1.29 is 14.8 Å². The number of nitro benzene ring substituents is 1. The summed E-state index contributed by atoms with van der Waals surface area (Å²) in [5.41, 5.74) is 0.933. The van der Waals surface area contributed by atoms with Crippen molar-refractivity contribution in [3.8, 4) is 0 Å². The number of nitrogens with zero attached hydrogens (tertiary/aromatic N) is 2. The van der Waals surface area contributed by atoms with Crippen molar-refractivity contribution in [3.63, 3.8) is 0 Å². The number of carboxylic acids is 1. The van der Waals surface area contributed by atoms with E-state index >= 15 is 0 Å². The number of hydrogen-bond donors (Lipinski definition) is 1. The van der Waals surface area contributed by atoms with Crippen molar-refractivity contribution in [2.75, 3.05) is 5.75 Å². The van der Waals surface area contributed by atoms with Crippen LogP contribution in [0.1, 0.15) is 15.9 Å². The molecule has 1 N–H and O–H groups in total. The van der Waals surface area contributed by atoms with Crippen LogP contribution < -0.4 is 0 Å². The molecule has 7 heteroatoms. The molecule has 0 radical (unpaired) electrons. The standard InChI is InChI=1S/C14H12N2O4S/c17-14(18)11-5-6-13(15-9-11)21-8-7-10-3-1-2-4-12(10)16(19)20/h1-6,9H,7-8H2,(H,17,18). The first-order chi connectivity index (χ1) is 10.1. The molecule has 0 spiro atoms. The summed E-state index contributed by atoms with van der Waals surface area (Å²) < 4.78 is 0. The van der Waals surface area contributed by atoms with Crippen LogP contribution in [0.4, 0.5) is 5.69 Å². The summed E-state index contributed by atoms with van der Waals surface area (Å²) in [6.07, 6.45) is 1.85. The molecular weight excluding hydrogens is 292 g/mol. The van der Waals surface area contributed by atoms with E-state index in [-0.39, 0.29) is 16.2 Å². The second-order valence-corrected chi connectivity index (χ2v) is 5.29. The Bertz CT molecular complexity index is 658. The first-order valence-electron chi connectivity index (χ1n) is 6.12. The Morgan fingerprint density at radius 3 is 2.67 bits per heavy atom. The van der Waals surface area contributed by atoms with Crippen LogP contribution in [0.5, 0.6) is 0 Å². The molecule has 0 saturated heterocycles. The minimum atomic E-state index is -1.01. The zero-order valence-electron chi connectivity index (χ0n) is 10.9. The molecule has 0 amide bonds. The quantitative estimate of drug-likeness (QED) is 0.501. The molecule has 1 aromatic carbocycles. The van der Waals surface area contributed by atoms with E-state index in [0.717, 1.165) is 0 Å². The highest BCUT2D eigenvalue weighted by molar-refractivity contribution is 7.99. The summed E-state index contributed by atoms with van der Waals surface area (Å²) in [5, 5.41) is 20.4. The molecule has 21 heavy (non-hydrogen) atoms. The van der Waals surface area contributed by atoms with E-state index < -0.39 is 5.97 Å². The molecular formula is C14H12N2O4S. The predicted octanol–water partition coefficient (Wildman–Crippen LogP) is 3.02. The normalized spacial score (nSPS) is 10.3. The van der Waals surface area contributed by atoms with Crippen molar-refractivity contribution in [1.82, 2.24) is 4.98 Å². The number of carbonyl (C=O) groups is 1. The molecule has 108 valence electrons. The Hall–Kier alpha value is -2.41. The van der Waals surface area contributed by atoms with Crippen LogP contribution in [0.25, 0.3) is 0 Å². The molecule has 0 atom stereocenters. The largest absolute Gasteiger partial charge is 0.478 e. The van der Waals surface area contributed by atoms with Gasteiger partial charge in [0.05, 0.1) is 15.5 Å². The van der Waals surface area contributed by atoms with Gasteiger partial charge in [-0.1, -0.05) is 18.2 Å². The molecule has 6 nitrogen and oxygen atoms in total. The second-order valence-electron chi connectivity index (χ2n) is 4.17. The topological polar surface area (TPSA) is 93.3 Å². The summed E-state index contributed by atoms with van der Waals surface area (Å²) in [7, 11) is 0. The Kier molecular flexibility index (Phi) is 4.89. The van der Waals surface area contributed by atoms with Crippen LogP contribution in [0.2, 0.25) is 0 Å². The van der Waals surface area contributed by atoms with Crippen LogP contribution in [0, 0.1) is 10.1 Å². The number of rotatable bonds is 6. The SMILES string of the molecule is O=C(O)c1ccc(SCCc2ccccc2[N+](=O)[O-])nc1. The maximum atomic E-state index is 10.9. The number of aromatic nitrogens is 1. The van der Waals surface area contributed by atoms with Crippen LogP contribution in [0.3, 0.4) is 0 Å². The minimum absolute atomic E-state index is 0.118. The lowest BCUT2D eigenvalue weighted by molar-refractivity contribution is -0.385. The minimum Gasteiger partial charge on any atom is -0.478 e. The molecule has 0 fully saturated rings. The van der Waals surface area contributed by atoms with Crippen LogP contribution in [0.15, 0.2) is 47.6 Å². The van der Waals surface area contributed by atoms with E-state index in [1.165, 1.54) is 30.1 Å². The Morgan fingerprint density at radius 1 is 1.29 bits per heavy atom. The smallest absolute Gasteiger partial charge is 0.337 e. The molecule has 1 aromatic heterocycles. The molecule has 2 aromatic rings. The fourth-order valence-electron chi connectivity index (χ4n) is 1.76. The van der Waals surface area contributed by atoms with Gasteiger partial charge in [0, 0.05) is 23.6 Å². The summed E-state index contributed by atoms with van der Waals surface area (Å²) in [6.45, 7) is 0. The van der Waals surface area contributed by atoms with E-state index in [1.807, 2.05) is 0 Å². The zero-order valence-corrected chi connectivity index (χ0v) is 11.7. The van der Waals surface area contributed by atoms with E-state index in [2.05, 4.69) is 4.98 Å². The fourth-order valence-corrected chi connectivity index (χ4v) is 2.58. The monoisotopic (exact) mass is 304 g/mol. The third kappa shape index (κ3) is 4.03. The number of thioether (sulfide) groups is 1. The van der Waals surface area contributed by atoms with Gasteiger partial charge in [0.1, 0.15) is 0 Å². The number of carboxylic acid groups (broad SMARTS) is 1. The van der Waals surface area contributed by atoms with Crippen molar-refractivity contribution >= 4 is 23.4 Å². The highest BCUT2D eigenvalue weighted by Gasteiger charge is 2.12. The number of aromatic carboxylic acids is 1. The number of benzene rings is 1. The number of pyridine rings is 1.